The molecule has 4 rings (SSSR count). The zero-order chi connectivity index (χ0) is 29.9. The lowest BCUT2D eigenvalue weighted by atomic mass is 10.1. The number of carboxylic acids is 2. The Morgan fingerprint density at radius 3 is 1.85 bits per heavy atom. The highest BCUT2D eigenvalue weighted by molar-refractivity contribution is 5.73. The number of hydrogen-bond acceptors (Lipinski definition) is 7. The van der Waals surface area contributed by atoms with Crippen LogP contribution in [0.25, 0.3) is 0 Å². The summed E-state index contributed by atoms with van der Waals surface area (Å²) in [4.78, 5) is 30.4. The van der Waals surface area contributed by atoms with Gasteiger partial charge in [0.1, 0.15) is 0 Å². The highest BCUT2D eigenvalue weighted by Gasteiger charge is 2.38. The number of likely N-dealkylation sites (tertiary alicyclic amines) is 2. The number of aromatic amines is 1. The van der Waals surface area contributed by atoms with Crippen molar-refractivity contribution in [2.24, 2.45) is 0 Å². The van der Waals surface area contributed by atoms with Crippen LogP contribution in [0.5, 0.6) is 0 Å². The van der Waals surface area contributed by atoms with Gasteiger partial charge < -0.3 is 15.2 Å². The van der Waals surface area contributed by atoms with Gasteiger partial charge in [-0.25, -0.2) is 19.3 Å². The quantitative estimate of drug-likeness (QED) is 0.447. The molecule has 11 nitrogen and oxygen atoms in total. The molecule has 40 heavy (non-hydrogen) atoms. The minimum atomic E-state index is -5.08. The van der Waals surface area contributed by atoms with Crippen molar-refractivity contribution in [3.63, 3.8) is 0 Å². The van der Waals surface area contributed by atoms with E-state index in [1.54, 1.807) is 6.33 Å². The van der Waals surface area contributed by atoms with Crippen molar-refractivity contribution < 1.29 is 46.1 Å². The Kier molecular flexibility index (Phi) is 12.4. The van der Waals surface area contributed by atoms with Gasteiger partial charge in [-0.3, -0.25) is 9.80 Å². The lowest BCUT2D eigenvalue weighted by molar-refractivity contribution is -0.193. The van der Waals surface area contributed by atoms with E-state index < -0.39 is 24.3 Å². The average Bonchev–Trinajstić information content (AvgIpc) is 3.41. The predicted octanol–water partition coefficient (Wildman–Crippen LogP) is 3.79. The number of piperidine rings is 1. The predicted molar refractivity (Wildman–Crippen MR) is 128 cm³/mol. The third kappa shape index (κ3) is 11.5. The largest absolute Gasteiger partial charge is 0.490 e. The van der Waals surface area contributed by atoms with E-state index in [2.05, 4.69) is 47.9 Å². The van der Waals surface area contributed by atoms with E-state index in [4.69, 9.17) is 19.8 Å². The fourth-order valence-corrected chi connectivity index (χ4v) is 4.19. The van der Waals surface area contributed by atoms with Crippen LogP contribution in [0.4, 0.5) is 26.3 Å². The van der Waals surface area contributed by atoms with Gasteiger partial charge in [-0.2, -0.15) is 26.3 Å². The van der Waals surface area contributed by atoms with Gasteiger partial charge in [-0.05, 0) is 45.7 Å². The van der Waals surface area contributed by atoms with Crippen molar-refractivity contribution in [1.29, 1.82) is 0 Å². The van der Waals surface area contributed by atoms with Gasteiger partial charge in [-0.1, -0.05) is 18.1 Å². The molecule has 0 unspecified atom stereocenters. The summed E-state index contributed by atoms with van der Waals surface area (Å²) in [5, 5.41) is 23.1. The molecule has 3 N–H and O–H groups in total. The topological polar surface area (TPSA) is 140 Å². The highest BCUT2D eigenvalue weighted by atomic mass is 19.4. The Balaban J connectivity index is 0.000000333. The van der Waals surface area contributed by atoms with Gasteiger partial charge in [0.2, 0.25) is 0 Å². The van der Waals surface area contributed by atoms with E-state index in [-0.39, 0.29) is 0 Å². The maximum atomic E-state index is 10.6. The number of rotatable bonds is 5. The van der Waals surface area contributed by atoms with Gasteiger partial charge >= 0.3 is 24.3 Å². The summed E-state index contributed by atoms with van der Waals surface area (Å²) in [5.74, 6) is -5.51. The number of nitrogens with zero attached hydrogens (tertiary/aromatic N) is 6. The maximum absolute atomic E-state index is 10.6. The fraction of sp³-hybridized carbons (Fsp3) is 0.696. The van der Waals surface area contributed by atoms with E-state index in [1.165, 1.54) is 50.2 Å². The summed E-state index contributed by atoms with van der Waals surface area (Å²) in [6, 6.07) is 0.483. The number of H-pyrrole nitrogens is 1. The highest BCUT2D eigenvalue weighted by Crippen LogP contribution is 2.23. The number of hydrogen-bond donors (Lipinski definition) is 3. The van der Waals surface area contributed by atoms with E-state index in [0.29, 0.717) is 6.04 Å². The minimum Gasteiger partial charge on any atom is -0.475 e. The number of nitrogens with one attached hydrogen (secondary N) is 1. The molecule has 2 aliphatic rings. The zero-order valence-electron chi connectivity index (χ0n) is 21.9. The lowest BCUT2D eigenvalue weighted by Crippen LogP contribution is -2.34. The Labute approximate surface area is 226 Å². The summed E-state index contributed by atoms with van der Waals surface area (Å²) in [6.07, 6.45) is 1.47. The van der Waals surface area contributed by atoms with Crippen LogP contribution in [0, 0.1) is 6.92 Å². The number of carboxylic acid groups (broad SMARTS) is 2. The SMILES string of the molecule is Cc1[nH]cnc1CN1CCC(n2cc(CN3CCCCCC3)nn2)CC1.O=C(O)C(F)(F)F.O=C(O)C(F)(F)F. The Morgan fingerprint density at radius 2 is 1.40 bits per heavy atom. The lowest BCUT2D eigenvalue weighted by Gasteiger charge is -2.31. The normalized spacial score (nSPS) is 17.7. The van der Waals surface area contributed by atoms with Crippen LogP contribution in [0.2, 0.25) is 0 Å². The number of aromatic nitrogens is 5. The second kappa shape index (κ2) is 15.0. The molecule has 2 fully saturated rings. The number of carbonyl (C=O) groups is 2. The van der Waals surface area contributed by atoms with E-state index >= 15 is 0 Å². The minimum absolute atomic E-state index is 0.483. The van der Waals surface area contributed by atoms with Gasteiger partial charge in [0.05, 0.1) is 30.0 Å². The molecule has 0 atom stereocenters. The molecule has 2 aromatic rings. The molecule has 0 amide bonds. The van der Waals surface area contributed by atoms with Crippen LogP contribution in [-0.4, -0.2) is 95.4 Å². The molecule has 0 bridgehead atoms. The molecule has 2 aliphatic heterocycles. The zero-order valence-corrected chi connectivity index (χ0v) is 21.9. The van der Waals surface area contributed by atoms with Crippen LogP contribution in [0.1, 0.15) is 61.6 Å². The molecule has 0 spiro atoms. The molecule has 0 saturated carbocycles. The van der Waals surface area contributed by atoms with E-state index in [1.807, 2.05) is 0 Å². The van der Waals surface area contributed by atoms with Crippen molar-refractivity contribution in [2.75, 3.05) is 26.2 Å². The summed E-state index contributed by atoms with van der Waals surface area (Å²) in [7, 11) is 0. The first-order chi connectivity index (χ1) is 18.7. The third-order valence-electron chi connectivity index (χ3n) is 6.37. The van der Waals surface area contributed by atoms with Gasteiger partial charge in [0.15, 0.2) is 0 Å². The molecule has 4 heterocycles. The number of alkyl halides is 6. The number of aryl methyl sites for hydroxylation is 1. The van der Waals surface area contributed by atoms with Crippen LogP contribution in [0.3, 0.4) is 0 Å². The summed E-state index contributed by atoms with van der Waals surface area (Å²) in [5.41, 5.74) is 3.48. The standard InChI is InChI=1S/C19H31N7.2C2HF3O2/c1-16-19(21-15-20-16)14-25-10-6-18(7-11-25)26-13-17(22-23-26)12-24-8-4-2-3-5-9-24;2*3-2(4,5)1(6)7/h13,15,18H,2-12,14H2,1H3,(H,20,21);2*(H,6,7). The van der Waals surface area contributed by atoms with Crippen LogP contribution >= 0.6 is 0 Å². The van der Waals surface area contributed by atoms with Crippen molar-refractivity contribution in [3.8, 4) is 0 Å². The van der Waals surface area contributed by atoms with Gasteiger partial charge in [0, 0.05) is 31.9 Å². The second-order valence-electron chi connectivity index (χ2n) is 9.47. The van der Waals surface area contributed by atoms with Crippen molar-refractivity contribution in [2.45, 2.75) is 76.9 Å². The molecule has 0 aromatic carbocycles. The molecule has 2 aromatic heterocycles. The molecule has 226 valence electrons. The van der Waals surface area contributed by atoms with Crippen LogP contribution < -0.4 is 0 Å². The Morgan fingerprint density at radius 1 is 0.900 bits per heavy atom. The van der Waals surface area contributed by atoms with E-state index in [9.17, 15) is 26.3 Å². The van der Waals surface area contributed by atoms with Crippen molar-refractivity contribution >= 4 is 11.9 Å². The monoisotopic (exact) mass is 585 g/mol. The Bertz CT molecular complexity index is 1030. The summed E-state index contributed by atoms with van der Waals surface area (Å²) < 4.78 is 65.6. The number of aliphatic carboxylic acids is 2. The third-order valence-corrected chi connectivity index (χ3v) is 6.37. The molecule has 0 radical (unpaired) electrons. The molecule has 0 aliphatic carbocycles. The first-order valence-corrected chi connectivity index (χ1v) is 12.6. The van der Waals surface area contributed by atoms with Crippen molar-refractivity contribution in [3.05, 3.63) is 29.6 Å². The molecular weight excluding hydrogens is 552 g/mol. The fourth-order valence-electron chi connectivity index (χ4n) is 4.19. The number of imidazole rings is 1. The second-order valence-corrected chi connectivity index (χ2v) is 9.47. The Hall–Kier alpha value is -3.21. The molecule has 2 saturated heterocycles. The van der Waals surface area contributed by atoms with E-state index in [0.717, 1.165) is 44.7 Å². The summed E-state index contributed by atoms with van der Waals surface area (Å²) in [6.45, 7) is 8.60. The average molecular weight is 586 g/mol. The van der Waals surface area contributed by atoms with Crippen molar-refractivity contribution in [1.82, 2.24) is 34.8 Å². The number of halogens is 6. The first-order valence-electron chi connectivity index (χ1n) is 12.6. The molecule has 17 heteroatoms. The maximum Gasteiger partial charge on any atom is 0.490 e. The first kappa shape index (κ1) is 33.0. The van der Waals surface area contributed by atoms with Gasteiger partial charge in [0.25, 0.3) is 0 Å². The van der Waals surface area contributed by atoms with Crippen LogP contribution in [-0.2, 0) is 22.7 Å². The van der Waals surface area contributed by atoms with Crippen LogP contribution in [0.15, 0.2) is 12.5 Å². The molecular formula is C23H33F6N7O4. The summed E-state index contributed by atoms with van der Waals surface area (Å²) >= 11 is 0. The van der Waals surface area contributed by atoms with Gasteiger partial charge in [-0.15, -0.1) is 5.10 Å². The smallest absolute Gasteiger partial charge is 0.475 e.